The summed E-state index contributed by atoms with van der Waals surface area (Å²) in [6, 6.07) is 8.40. The average Bonchev–Trinajstić information content (AvgIpc) is 2.27. The topological polar surface area (TPSA) is 75.1 Å². The Hall–Kier alpha value is -2.43. The molecule has 92 valence electrons. The molecule has 18 heavy (non-hydrogen) atoms. The number of rotatable bonds is 3. The molecule has 2 N–H and O–H groups in total. The first-order chi connectivity index (χ1) is 8.54. The molecule has 2 aromatic rings. The zero-order valence-electron chi connectivity index (χ0n) is 10.1. The Balaban J connectivity index is 2.28. The summed E-state index contributed by atoms with van der Waals surface area (Å²) in [7, 11) is 0. The van der Waals surface area contributed by atoms with Crippen LogP contribution in [0.3, 0.4) is 0 Å². The standard InChI is InChI=1S/C13H13N3O2/c1-8-6-9(2)15-13(14-8)16-11-5-3-4-10(7-11)12(17)18/h3-7H,1-2H3,(H,17,18)(H,14,15,16). The van der Waals surface area contributed by atoms with Crippen molar-refractivity contribution in [2.45, 2.75) is 13.8 Å². The van der Waals surface area contributed by atoms with Crippen molar-refractivity contribution < 1.29 is 9.90 Å². The first-order valence-electron chi connectivity index (χ1n) is 5.47. The number of aromatic nitrogens is 2. The second-order valence-corrected chi connectivity index (χ2v) is 3.99. The second kappa shape index (κ2) is 4.83. The Bertz CT molecular complexity index is 576. The Morgan fingerprint density at radius 3 is 2.44 bits per heavy atom. The van der Waals surface area contributed by atoms with Crippen LogP contribution >= 0.6 is 0 Å². The third-order valence-electron chi connectivity index (χ3n) is 2.35. The lowest BCUT2D eigenvalue weighted by atomic mass is 10.2. The summed E-state index contributed by atoms with van der Waals surface area (Å²) < 4.78 is 0. The molecule has 0 saturated carbocycles. The number of nitrogens with one attached hydrogen (secondary N) is 1. The molecule has 0 aliphatic rings. The van der Waals surface area contributed by atoms with Gasteiger partial charge in [0.1, 0.15) is 0 Å². The molecule has 1 aromatic heterocycles. The van der Waals surface area contributed by atoms with Gasteiger partial charge >= 0.3 is 5.97 Å². The van der Waals surface area contributed by atoms with E-state index in [1.165, 1.54) is 6.07 Å². The predicted molar refractivity (Wildman–Crippen MR) is 68.2 cm³/mol. The zero-order chi connectivity index (χ0) is 13.1. The molecule has 0 atom stereocenters. The highest BCUT2D eigenvalue weighted by atomic mass is 16.4. The number of aromatic carboxylic acids is 1. The van der Waals surface area contributed by atoms with Crippen LogP contribution in [0.15, 0.2) is 30.3 Å². The smallest absolute Gasteiger partial charge is 0.335 e. The number of carboxylic acids is 1. The monoisotopic (exact) mass is 243 g/mol. The number of carboxylic acid groups (broad SMARTS) is 1. The van der Waals surface area contributed by atoms with Crippen LogP contribution in [0, 0.1) is 13.8 Å². The summed E-state index contributed by atoms with van der Waals surface area (Å²) in [5, 5.41) is 11.9. The summed E-state index contributed by atoms with van der Waals surface area (Å²) in [6.45, 7) is 3.76. The van der Waals surface area contributed by atoms with Crippen molar-refractivity contribution in [1.29, 1.82) is 0 Å². The molecule has 0 fully saturated rings. The number of carbonyl (C=O) groups is 1. The van der Waals surface area contributed by atoms with Gasteiger partial charge in [-0.05, 0) is 38.1 Å². The van der Waals surface area contributed by atoms with Crippen molar-refractivity contribution in [2.24, 2.45) is 0 Å². The maximum absolute atomic E-state index is 10.9. The van der Waals surface area contributed by atoms with E-state index in [4.69, 9.17) is 5.11 Å². The van der Waals surface area contributed by atoms with Crippen molar-refractivity contribution >= 4 is 17.6 Å². The summed E-state index contributed by atoms with van der Waals surface area (Å²) in [4.78, 5) is 19.3. The van der Waals surface area contributed by atoms with E-state index in [-0.39, 0.29) is 5.56 Å². The van der Waals surface area contributed by atoms with Crippen LogP contribution in [-0.2, 0) is 0 Å². The molecule has 0 saturated heterocycles. The van der Waals surface area contributed by atoms with Gasteiger partial charge < -0.3 is 10.4 Å². The van der Waals surface area contributed by atoms with Crippen molar-refractivity contribution in [3.8, 4) is 0 Å². The van der Waals surface area contributed by atoms with E-state index in [1.807, 2.05) is 19.9 Å². The SMILES string of the molecule is Cc1cc(C)nc(Nc2cccc(C(=O)O)c2)n1. The van der Waals surface area contributed by atoms with E-state index in [0.717, 1.165) is 11.4 Å². The normalized spacial score (nSPS) is 10.1. The van der Waals surface area contributed by atoms with E-state index >= 15 is 0 Å². The minimum Gasteiger partial charge on any atom is -0.478 e. The lowest BCUT2D eigenvalue weighted by Crippen LogP contribution is -2.01. The van der Waals surface area contributed by atoms with Crippen LogP contribution in [0.25, 0.3) is 0 Å². The predicted octanol–water partition coefficient (Wildman–Crippen LogP) is 2.54. The quantitative estimate of drug-likeness (QED) is 0.866. The van der Waals surface area contributed by atoms with Crippen LogP contribution in [-0.4, -0.2) is 21.0 Å². The molecular weight excluding hydrogens is 230 g/mol. The maximum Gasteiger partial charge on any atom is 0.335 e. The van der Waals surface area contributed by atoms with Gasteiger partial charge in [0.15, 0.2) is 0 Å². The molecular formula is C13H13N3O2. The van der Waals surface area contributed by atoms with E-state index < -0.39 is 5.97 Å². The molecule has 5 heteroatoms. The van der Waals surface area contributed by atoms with Gasteiger partial charge in [0.25, 0.3) is 0 Å². The Morgan fingerprint density at radius 1 is 1.17 bits per heavy atom. The largest absolute Gasteiger partial charge is 0.478 e. The molecule has 2 rings (SSSR count). The first-order valence-corrected chi connectivity index (χ1v) is 5.47. The van der Waals surface area contributed by atoms with E-state index in [0.29, 0.717) is 11.6 Å². The minimum absolute atomic E-state index is 0.226. The average molecular weight is 243 g/mol. The highest BCUT2D eigenvalue weighted by Crippen LogP contribution is 2.15. The van der Waals surface area contributed by atoms with Gasteiger partial charge in [0.2, 0.25) is 5.95 Å². The second-order valence-electron chi connectivity index (χ2n) is 3.99. The van der Waals surface area contributed by atoms with Crippen molar-refractivity contribution in [3.05, 3.63) is 47.3 Å². The highest BCUT2D eigenvalue weighted by molar-refractivity contribution is 5.88. The maximum atomic E-state index is 10.9. The molecule has 0 aliphatic heterocycles. The van der Waals surface area contributed by atoms with Gasteiger partial charge in [-0.3, -0.25) is 0 Å². The molecule has 1 heterocycles. The Kier molecular flexibility index (Phi) is 3.23. The third-order valence-corrected chi connectivity index (χ3v) is 2.35. The van der Waals surface area contributed by atoms with Crippen molar-refractivity contribution in [2.75, 3.05) is 5.32 Å². The van der Waals surface area contributed by atoms with Crippen LogP contribution < -0.4 is 5.32 Å². The fourth-order valence-electron chi connectivity index (χ4n) is 1.64. The van der Waals surface area contributed by atoms with Crippen molar-refractivity contribution in [1.82, 2.24) is 9.97 Å². The van der Waals surface area contributed by atoms with Gasteiger partial charge in [-0.25, -0.2) is 14.8 Å². The minimum atomic E-state index is -0.958. The summed E-state index contributed by atoms with van der Waals surface area (Å²) in [5.74, 6) is -0.491. The van der Waals surface area contributed by atoms with Gasteiger partial charge in [-0.2, -0.15) is 0 Å². The van der Waals surface area contributed by atoms with E-state index in [2.05, 4.69) is 15.3 Å². The lowest BCUT2D eigenvalue weighted by molar-refractivity contribution is 0.0697. The summed E-state index contributed by atoms with van der Waals surface area (Å²) >= 11 is 0. The molecule has 0 unspecified atom stereocenters. The number of anilines is 2. The number of benzene rings is 1. The van der Waals surface area contributed by atoms with Crippen LogP contribution in [0.2, 0.25) is 0 Å². The summed E-state index contributed by atoms with van der Waals surface area (Å²) in [5.41, 5.74) is 2.60. The van der Waals surface area contributed by atoms with E-state index in [9.17, 15) is 4.79 Å². The molecule has 0 radical (unpaired) electrons. The molecule has 0 bridgehead atoms. The van der Waals surface area contributed by atoms with Crippen LogP contribution in [0.4, 0.5) is 11.6 Å². The third kappa shape index (κ3) is 2.82. The number of hydrogen-bond acceptors (Lipinski definition) is 4. The Labute approximate surface area is 105 Å². The molecule has 5 nitrogen and oxygen atoms in total. The zero-order valence-corrected chi connectivity index (χ0v) is 10.1. The molecule has 0 amide bonds. The summed E-state index contributed by atoms with van der Waals surface area (Å²) in [6.07, 6.45) is 0. The fourth-order valence-corrected chi connectivity index (χ4v) is 1.64. The highest BCUT2D eigenvalue weighted by Gasteiger charge is 2.05. The van der Waals surface area contributed by atoms with Crippen molar-refractivity contribution in [3.63, 3.8) is 0 Å². The first kappa shape index (κ1) is 12.0. The molecule has 0 spiro atoms. The van der Waals surface area contributed by atoms with Gasteiger partial charge in [-0.15, -0.1) is 0 Å². The van der Waals surface area contributed by atoms with Crippen LogP contribution in [0.1, 0.15) is 21.7 Å². The Morgan fingerprint density at radius 2 is 1.83 bits per heavy atom. The molecule has 0 aliphatic carbocycles. The van der Waals surface area contributed by atoms with Gasteiger partial charge in [0, 0.05) is 17.1 Å². The van der Waals surface area contributed by atoms with E-state index in [1.54, 1.807) is 18.2 Å². The van der Waals surface area contributed by atoms with Crippen LogP contribution in [0.5, 0.6) is 0 Å². The molecule has 1 aromatic carbocycles. The fraction of sp³-hybridized carbons (Fsp3) is 0.154. The number of hydrogen-bond donors (Lipinski definition) is 2. The number of nitrogens with zero attached hydrogens (tertiary/aromatic N) is 2. The van der Waals surface area contributed by atoms with Gasteiger partial charge in [0.05, 0.1) is 5.56 Å². The number of aryl methyl sites for hydroxylation is 2. The lowest BCUT2D eigenvalue weighted by Gasteiger charge is -2.07. The van der Waals surface area contributed by atoms with Gasteiger partial charge in [-0.1, -0.05) is 6.07 Å².